The number of hydrogen-bond donors (Lipinski definition) is 1. The molecule has 0 amide bonds. The lowest BCUT2D eigenvalue weighted by molar-refractivity contribution is -0.366. The van der Waals surface area contributed by atoms with Crippen LogP contribution < -0.4 is 0 Å². The third-order valence-corrected chi connectivity index (χ3v) is 10.6. The number of aliphatic carboxylic acids is 1. The van der Waals surface area contributed by atoms with E-state index < -0.39 is 5.97 Å². The molecule has 0 fully saturated rings. The first-order valence-corrected chi connectivity index (χ1v) is 28.2. The third kappa shape index (κ3) is 54.5. The summed E-state index contributed by atoms with van der Waals surface area (Å²) in [6, 6.07) is 0. The number of carboxylic acid groups (broad SMARTS) is 1. The van der Waals surface area contributed by atoms with Gasteiger partial charge in [-0.05, 0) is 20.3 Å². The average molecular weight is 1300 g/mol. The van der Waals surface area contributed by atoms with Gasteiger partial charge in [-0.15, -0.1) is 0 Å². The van der Waals surface area contributed by atoms with E-state index in [1.165, 1.54) is 112 Å². The molecule has 528 valence electrons. The van der Waals surface area contributed by atoms with E-state index in [-0.39, 0.29) is 127 Å². The van der Waals surface area contributed by atoms with E-state index in [4.69, 9.17) is 102 Å². The Kier molecular flexibility index (Phi) is 52.1. The molecule has 40 heteroatoms. The van der Waals surface area contributed by atoms with Crippen LogP contribution in [0.3, 0.4) is 0 Å². The summed E-state index contributed by atoms with van der Waals surface area (Å²) in [5.41, 5.74) is -0.338. The van der Waals surface area contributed by atoms with Crippen molar-refractivity contribution < 1.29 is 107 Å². The topological polar surface area (TPSA) is 280 Å². The van der Waals surface area contributed by atoms with Crippen LogP contribution in [0.1, 0.15) is 52.9 Å². The quantitative estimate of drug-likeness (QED) is 0.0351. The molecule has 0 aliphatic heterocycles. The minimum Gasteiger partial charge on any atom is -0.480 e. The minimum absolute atomic E-state index is 0.0190. The zero-order valence-corrected chi connectivity index (χ0v) is 56.7. The highest BCUT2D eigenvalue weighted by Gasteiger charge is 2.20. The van der Waals surface area contributed by atoms with Gasteiger partial charge in [-0.2, -0.15) is 91.1 Å². The van der Waals surface area contributed by atoms with E-state index in [0.717, 1.165) is 12.8 Å². The second-order valence-corrected chi connectivity index (χ2v) is 20.6. The largest absolute Gasteiger partial charge is 0.480 e. The molecule has 0 saturated carbocycles. The summed E-state index contributed by atoms with van der Waals surface area (Å²) in [4.78, 5) is 123. The highest BCUT2D eigenvalue weighted by Crippen LogP contribution is 2.19. The van der Waals surface area contributed by atoms with Crippen LogP contribution in [0.5, 0.6) is 0 Å². The lowest BCUT2D eigenvalue weighted by atomic mass is 10.0. The van der Waals surface area contributed by atoms with Crippen LogP contribution in [0.15, 0.2) is 0 Å². The van der Waals surface area contributed by atoms with Gasteiger partial charge in [0.1, 0.15) is 128 Å². The van der Waals surface area contributed by atoms with Crippen molar-refractivity contribution in [2.45, 2.75) is 58.5 Å². The molecule has 0 radical (unpaired) electrons. The molecule has 0 aromatic carbocycles. The van der Waals surface area contributed by atoms with Crippen LogP contribution in [0.2, 0.25) is 0 Å². The number of likely N-dealkylation sites (N-methyl/N-ethyl adjacent to an activating group) is 1. The Bertz CT molecular complexity index is 1630. The summed E-state index contributed by atoms with van der Waals surface area (Å²) < 4.78 is 0. The molecule has 0 aliphatic carbocycles. The first kappa shape index (κ1) is 85.9. The number of nitrogens with zero attached hydrogens (tertiary/aromatic N) is 18. The molecule has 0 atom stereocenters. The minimum atomic E-state index is -1.01. The van der Waals surface area contributed by atoms with E-state index in [9.17, 15) is 4.79 Å². The molecule has 0 aromatic rings. The molecule has 0 saturated heterocycles. The van der Waals surface area contributed by atoms with E-state index >= 15 is 0 Å². The van der Waals surface area contributed by atoms with Crippen LogP contribution in [0, 0.1) is 0 Å². The molecule has 0 aromatic heterocycles. The predicted molar refractivity (Wildman–Crippen MR) is 309 cm³/mol. The highest BCUT2D eigenvalue weighted by atomic mass is 17.2. The van der Waals surface area contributed by atoms with Gasteiger partial charge in [-0.25, -0.2) is 9.78 Å². The number of carboxylic acids is 1. The number of unbranched alkanes of at least 4 members (excludes halogenated alkanes) is 3. The van der Waals surface area contributed by atoms with Gasteiger partial charge in [0.15, 0.2) is 0 Å². The van der Waals surface area contributed by atoms with E-state index in [1.54, 1.807) is 125 Å². The van der Waals surface area contributed by atoms with Gasteiger partial charge >= 0.3 is 5.97 Å². The number of carbonyl (C=O) groups is 1. The van der Waals surface area contributed by atoms with Crippen molar-refractivity contribution in [3.63, 3.8) is 0 Å². The normalized spacial score (nSPS) is 13.2. The Hall–Kier alpha value is -2.05. The van der Waals surface area contributed by atoms with Gasteiger partial charge in [-0.3, -0.25) is 91.9 Å². The Balaban J connectivity index is 4.03. The molecular formula is C48H114N18O22. The van der Waals surface area contributed by atoms with Crippen molar-refractivity contribution in [2.75, 3.05) is 261 Å². The monoisotopic (exact) mass is 1290 g/mol. The van der Waals surface area contributed by atoms with E-state index in [0.29, 0.717) is 13.2 Å². The zero-order valence-electron chi connectivity index (χ0n) is 56.7. The first-order valence-electron chi connectivity index (χ1n) is 28.2. The summed E-state index contributed by atoms with van der Waals surface area (Å²) in [5, 5.41) is 35.3. The lowest BCUT2D eigenvalue weighted by Crippen LogP contribution is -2.38. The Labute approximate surface area is 522 Å². The molecule has 88 heavy (non-hydrogen) atoms. The maximum atomic E-state index is 10.7. The fourth-order valence-electron chi connectivity index (χ4n) is 5.37. The van der Waals surface area contributed by atoms with Crippen LogP contribution in [0.25, 0.3) is 0 Å². The summed E-state index contributed by atoms with van der Waals surface area (Å²) in [6.45, 7) is 8.28. The van der Waals surface area contributed by atoms with E-state index in [1.807, 2.05) is 13.8 Å². The van der Waals surface area contributed by atoms with Gasteiger partial charge in [0.25, 0.3) is 0 Å². The van der Waals surface area contributed by atoms with Crippen molar-refractivity contribution >= 4 is 5.97 Å². The molecule has 0 unspecified atom stereocenters. The summed E-state index contributed by atoms with van der Waals surface area (Å²) in [5.74, 6) is -1.01. The molecule has 0 spiro atoms. The third-order valence-electron chi connectivity index (χ3n) is 10.6. The van der Waals surface area contributed by atoms with Crippen molar-refractivity contribution in [2.24, 2.45) is 0 Å². The van der Waals surface area contributed by atoms with Crippen molar-refractivity contribution in [3.05, 3.63) is 0 Å². The van der Waals surface area contributed by atoms with Crippen LogP contribution in [0.4, 0.5) is 0 Å². The van der Waals surface area contributed by atoms with Gasteiger partial charge in [0.2, 0.25) is 0 Å². The number of hydrogen-bond acceptors (Lipinski definition) is 39. The molecule has 0 aliphatic rings. The zero-order chi connectivity index (χ0) is 66.3. The highest BCUT2D eigenvalue weighted by molar-refractivity contribution is 5.68. The van der Waals surface area contributed by atoms with Gasteiger partial charge in [-0.1, -0.05) is 32.6 Å². The average Bonchev–Trinajstić information content (AvgIpc) is 3.51. The van der Waals surface area contributed by atoms with Crippen LogP contribution in [-0.4, -0.2) is 369 Å². The molecule has 1 N–H and O–H groups in total. The molecule has 0 rings (SSSR count). The van der Waals surface area contributed by atoms with Gasteiger partial charge < -0.3 is 5.11 Å². The smallest absolute Gasteiger partial charge is 0.320 e. The van der Waals surface area contributed by atoms with Crippen LogP contribution in [-0.2, 0) is 102 Å². The summed E-state index contributed by atoms with van der Waals surface area (Å²) >= 11 is 0. The molecule has 40 nitrogen and oxygen atoms in total. The SMILES string of the molecule is CCCCCCC(C)(C)OOCCON(C)CON(C)CON(C)CON(C)CON(C)CON(C)CON(C)CON(C)CON(C)CON(C)CON(C)CON(C)CON(C)CON(C)CON(C)CON(C)CON(C)CON(C)CC(=O)O. The maximum Gasteiger partial charge on any atom is 0.320 e. The second-order valence-electron chi connectivity index (χ2n) is 20.6. The predicted octanol–water partition coefficient (Wildman–Crippen LogP) is -0.413. The molecule has 0 bridgehead atoms. The Morgan fingerprint density at radius 1 is 0.284 bits per heavy atom. The Morgan fingerprint density at radius 2 is 0.477 bits per heavy atom. The standard InChI is InChI=1S/C48H114N18O22/c1-22-23-24-25-26-48(2,3)88-87-28-27-69-50(5)30-71-52(7)32-73-54(9)34-75-56(11)36-77-58(13)38-79-60(15)40-81-62(17)42-83-64(19)44-85-66(21)46-86-65(20)45-84-63(18)43-82-61(16)41-80-59(14)39-78-57(12)37-76-55(10)35-74-53(8)33-72-51(6)31-70-49(4)29-47(67)68/h22-46H2,1-21H3,(H,67,68). The molecular weight excluding hydrogens is 1180 g/mol. The van der Waals surface area contributed by atoms with Gasteiger partial charge in [0, 0.05) is 127 Å². The van der Waals surface area contributed by atoms with Crippen LogP contribution >= 0.6 is 0 Å². The fourth-order valence-corrected chi connectivity index (χ4v) is 5.37. The van der Waals surface area contributed by atoms with Crippen molar-refractivity contribution in [1.29, 1.82) is 0 Å². The van der Waals surface area contributed by atoms with E-state index in [2.05, 4.69) is 6.92 Å². The summed E-state index contributed by atoms with van der Waals surface area (Å²) in [6.07, 6.45) is 5.68. The molecule has 0 heterocycles. The number of rotatable bonds is 64. The maximum absolute atomic E-state index is 10.7. The van der Waals surface area contributed by atoms with Gasteiger partial charge in [0.05, 0.1) is 12.2 Å². The first-order chi connectivity index (χ1) is 41.6. The fraction of sp³-hybridized carbons (Fsp3) is 0.979. The van der Waals surface area contributed by atoms with Crippen molar-refractivity contribution in [1.82, 2.24) is 91.1 Å². The van der Waals surface area contributed by atoms with Crippen molar-refractivity contribution in [3.8, 4) is 0 Å². The summed E-state index contributed by atoms with van der Waals surface area (Å²) in [7, 11) is 30.6. The lowest BCUT2D eigenvalue weighted by Gasteiger charge is -2.27. The number of hydroxylamine groups is 36. The second kappa shape index (κ2) is 53.3. The Morgan fingerprint density at radius 3 is 0.670 bits per heavy atom.